The quantitative estimate of drug-likeness (QED) is 0.155. The maximum absolute atomic E-state index is 14.0. The van der Waals surface area contributed by atoms with Crippen molar-refractivity contribution in [2.75, 3.05) is 75.7 Å². The van der Waals surface area contributed by atoms with Crippen LogP contribution in [-0.2, 0) is 68.5 Å². The number of benzene rings is 4. The van der Waals surface area contributed by atoms with Gasteiger partial charge in [0.1, 0.15) is 0 Å². The monoisotopic (exact) mass is 820 g/mol. The van der Waals surface area contributed by atoms with Crippen LogP contribution in [0.4, 0.5) is 22.7 Å². The van der Waals surface area contributed by atoms with Gasteiger partial charge in [-0.1, -0.05) is 72.8 Å². The van der Waals surface area contributed by atoms with Crippen LogP contribution in [0.25, 0.3) is 0 Å². The van der Waals surface area contributed by atoms with Crippen LogP contribution in [-0.4, -0.2) is 91.4 Å². The standard InChI is InChI=1S/2C22H22N2O6/c2*1-23-17-12-8-7-11-16(17)22(18(23)25)21(19(26)28-2,20(27)29-3)13-14-30-24(22)15-9-5-4-6-10-15/h2*4-12H,13-14H2,1-3H3/t2*22-/m10/s1. The van der Waals surface area contributed by atoms with Crippen molar-refractivity contribution in [2.24, 2.45) is 10.8 Å². The summed E-state index contributed by atoms with van der Waals surface area (Å²) in [5.41, 5.74) is -4.48. The first kappa shape index (κ1) is 41.4. The van der Waals surface area contributed by atoms with Crippen LogP contribution >= 0.6 is 0 Å². The van der Waals surface area contributed by atoms with Crippen LogP contribution in [0.1, 0.15) is 24.0 Å². The zero-order valence-corrected chi connectivity index (χ0v) is 33.9. The van der Waals surface area contributed by atoms with Gasteiger partial charge in [-0.3, -0.25) is 38.4 Å². The molecule has 0 radical (unpaired) electrons. The van der Waals surface area contributed by atoms with E-state index in [4.69, 9.17) is 28.6 Å². The summed E-state index contributed by atoms with van der Waals surface area (Å²) in [6.07, 6.45) is -0.160. The Morgan fingerprint density at radius 1 is 0.483 bits per heavy atom. The van der Waals surface area contributed by atoms with E-state index in [-0.39, 0.29) is 26.1 Å². The minimum Gasteiger partial charge on any atom is -0.468 e. The number of carbonyl (C=O) groups is 6. The average Bonchev–Trinajstić information content (AvgIpc) is 3.66. The molecular weight excluding hydrogens is 776 g/mol. The molecular formula is C44H44N4O12. The highest BCUT2D eigenvalue weighted by atomic mass is 16.7. The van der Waals surface area contributed by atoms with Crippen molar-refractivity contribution in [3.63, 3.8) is 0 Å². The van der Waals surface area contributed by atoms with Gasteiger partial charge >= 0.3 is 23.9 Å². The van der Waals surface area contributed by atoms with E-state index in [1.165, 1.54) is 48.4 Å². The molecule has 2 fully saturated rings. The Hall–Kier alpha value is -6.78. The number of carbonyl (C=O) groups excluding carboxylic acids is 6. The van der Waals surface area contributed by atoms with Gasteiger partial charge in [-0.25, -0.2) is 10.1 Å². The fourth-order valence-electron chi connectivity index (χ4n) is 9.30. The van der Waals surface area contributed by atoms with E-state index in [1.54, 1.807) is 111 Å². The lowest BCUT2D eigenvalue weighted by molar-refractivity contribution is -0.192. The second-order valence-corrected chi connectivity index (χ2v) is 14.4. The first-order chi connectivity index (χ1) is 28.9. The Kier molecular flexibility index (Phi) is 10.9. The normalized spacial score (nSPS) is 22.0. The Bertz CT molecular complexity index is 2150. The van der Waals surface area contributed by atoms with Crippen LogP contribution in [0.15, 0.2) is 109 Å². The Labute approximate surface area is 345 Å². The van der Waals surface area contributed by atoms with Gasteiger partial charge in [-0.2, -0.15) is 0 Å². The molecule has 2 spiro atoms. The van der Waals surface area contributed by atoms with Crippen molar-refractivity contribution >= 4 is 58.4 Å². The second kappa shape index (κ2) is 15.8. The fourth-order valence-corrected chi connectivity index (χ4v) is 9.30. The van der Waals surface area contributed by atoms with E-state index in [0.717, 1.165) is 0 Å². The average molecular weight is 821 g/mol. The molecule has 312 valence electrons. The Morgan fingerprint density at radius 3 is 1.10 bits per heavy atom. The largest absolute Gasteiger partial charge is 0.468 e. The molecule has 16 heteroatoms. The molecule has 4 aromatic rings. The van der Waals surface area contributed by atoms with Crippen LogP contribution in [0, 0.1) is 10.8 Å². The van der Waals surface area contributed by atoms with Gasteiger partial charge < -0.3 is 28.7 Å². The van der Waals surface area contributed by atoms with Crippen molar-refractivity contribution < 1.29 is 57.4 Å². The fraction of sp³-hybridized carbons (Fsp3) is 0.318. The third-order valence-corrected chi connectivity index (χ3v) is 11.9. The summed E-state index contributed by atoms with van der Waals surface area (Å²) < 4.78 is 20.4. The number of methoxy groups -OCH3 is 4. The summed E-state index contributed by atoms with van der Waals surface area (Å²) in [7, 11) is 7.98. The molecule has 2 amide bonds. The molecule has 0 bridgehead atoms. The van der Waals surface area contributed by atoms with Crippen molar-refractivity contribution in [2.45, 2.75) is 23.9 Å². The smallest absolute Gasteiger partial charge is 0.326 e. The van der Waals surface area contributed by atoms with Crippen LogP contribution in [0.3, 0.4) is 0 Å². The molecule has 0 aromatic heterocycles. The first-order valence-electron chi connectivity index (χ1n) is 19.0. The number of anilines is 4. The van der Waals surface area contributed by atoms with Crippen LogP contribution in [0.5, 0.6) is 0 Å². The Morgan fingerprint density at radius 2 is 0.783 bits per heavy atom. The molecule has 60 heavy (non-hydrogen) atoms. The van der Waals surface area contributed by atoms with Gasteiger partial charge in [-0.05, 0) is 36.4 Å². The second-order valence-electron chi connectivity index (χ2n) is 14.4. The number of ether oxygens (including phenoxy) is 4. The maximum Gasteiger partial charge on any atom is 0.326 e. The SMILES string of the molecule is COC(=O)C1(C(=O)OC)CCON(c2ccccc2)[C@@]12C(=O)N(C)c1ccccc12.COC(=O)C1(C(=O)OC)CCON(c2ccccc2)[C@]12C(=O)N(C)c1ccccc12. The molecule has 0 aliphatic carbocycles. The highest BCUT2D eigenvalue weighted by molar-refractivity contribution is 6.19. The van der Waals surface area contributed by atoms with Crippen molar-refractivity contribution in [3.05, 3.63) is 120 Å². The first-order valence-corrected chi connectivity index (χ1v) is 19.0. The predicted molar refractivity (Wildman–Crippen MR) is 215 cm³/mol. The number of fused-ring (bicyclic) bond motifs is 4. The summed E-state index contributed by atoms with van der Waals surface area (Å²) in [5, 5.41) is 2.74. The van der Waals surface area contributed by atoms with E-state index in [0.29, 0.717) is 33.9 Å². The van der Waals surface area contributed by atoms with E-state index >= 15 is 0 Å². The third kappa shape index (κ3) is 5.36. The van der Waals surface area contributed by atoms with E-state index in [1.807, 2.05) is 12.1 Å². The van der Waals surface area contributed by atoms with Crippen molar-refractivity contribution in [1.82, 2.24) is 0 Å². The summed E-state index contributed by atoms with van der Waals surface area (Å²) in [5.74, 6) is -4.37. The number of esters is 4. The highest BCUT2D eigenvalue weighted by Crippen LogP contribution is 2.61. The number of rotatable bonds is 6. The third-order valence-electron chi connectivity index (χ3n) is 11.9. The number of para-hydroxylation sites is 4. The van der Waals surface area contributed by atoms with Crippen LogP contribution in [0.2, 0.25) is 0 Å². The molecule has 4 aliphatic heterocycles. The van der Waals surface area contributed by atoms with Crippen molar-refractivity contribution in [1.29, 1.82) is 0 Å². The number of hydrogen-bond donors (Lipinski definition) is 0. The number of nitrogens with zero attached hydrogens (tertiary/aromatic N) is 4. The topological polar surface area (TPSA) is 171 Å². The lowest BCUT2D eigenvalue weighted by Gasteiger charge is -2.52. The number of hydrogen-bond acceptors (Lipinski definition) is 14. The highest BCUT2D eigenvalue weighted by Gasteiger charge is 2.78. The summed E-state index contributed by atoms with van der Waals surface area (Å²) in [6.45, 7) is 0.0278. The van der Waals surface area contributed by atoms with E-state index in [2.05, 4.69) is 0 Å². The molecule has 4 heterocycles. The number of amides is 2. The minimum atomic E-state index is -1.97. The zero-order chi connectivity index (χ0) is 43.0. The lowest BCUT2D eigenvalue weighted by Crippen LogP contribution is -2.71. The number of likely N-dealkylation sites (N-methyl/N-ethyl adjacent to an activating group) is 2. The van der Waals surface area contributed by atoms with E-state index < -0.39 is 57.6 Å². The summed E-state index contributed by atoms with van der Waals surface area (Å²) in [6, 6.07) is 31.9. The van der Waals surface area contributed by atoms with Gasteiger partial charge in [0.2, 0.25) is 10.8 Å². The minimum absolute atomic E-state index is 0.0139. The summed E-state index contributed by atoms with van der Waals surface area (Å²) in [4.78, 5) is 96.0. The summed E-state index contributed by atoms with van der Waals surface area (Å²) >= 11 is 0. The van der Waals surface area contributed by atoms with E-state index in [9.17, 15) is 28.8 Å². The van der Waals surface area contributed by atoms with Gasteiger partial charge in [0.25, 0.3) is 11.8 Å². The van der Waals surface area contributed by atoms with Crippen LogP contribution < -0.4 is 19.9 Å². The van der Waals surface area contributed by atoms with Crippen molar-refractivity contribution in [3.8, 4) is 0 Å². The lowest BCUT2D eigenvalue weighted by atomic mass is 9.62. The predicted octanol–water partition coefficient (Wildman–Crippen LogP) is 4.07. The number of hydroxylamine groups is 2. The van der Waals surface area contributed by atoms with Gasteiger partial charge in [0.05, 0.1) is 53.0 Å². The molecule has 0 N–H and O–H groups in total. The molecule has 8 rings (SSSR count). The molecule has 2 saturated heterocycles. The molecule has 0 unspecified atom stereocenters. The molecule has 2 atom stereocenters. The molecule has 4 aliphatic rings. The maximum atomic E-state index is 14.0. The zero-order valence-electron chi connectivity index (χ0n) is 33.9. The van der Waals surface area contributed by atoms with Gasteiger partial charge in [-0.15, -0.1) is 0 Å². The Balaban J connectivity index is 0.000000181. The molecule has 16 nitrogen and oxygen atoms in total. The molecule has 4 aromatic carbocycles. The molecule has 0 saturated carbocycles. The van der Waals surface area contributed by atoms with Gasteiger partial charge in [0.15, 0.2) is 11.1 Å². The van der Waals surface area contributed by atoms with Gasteiger partial charge in [0, 0.05) is 49.4 Å².